The van der Waals surface area contributed by atoms with Gasteiger partial charge in [0.25, 0.3) is 0 Å². The number of nitrogens with zero attached hydrogens (tertiary/aromatic N) is 1. The van der Waals surface area contributed by atoms with Crippen LogP contribution in [0.1, 0.15) is 0 Å². The van der Waals surface area contributed by atoms with Gasteiger partial charge in [0.15, 0.2) is 6.10 Å². The second-order valence-electron chi connectivity index (χ2n) is 4.68. The molecule has 5 nitrogen and oxygen atoms in total. The second kappa shape index (κ2) is 8.06. The van der Waals surface area contributed by atoms with Crippen LogP contribution in [0.5, 0.6) is 5.75 Å². The van der Waals surface area contributed by atoms with Crippen LogP contribution in [0, 0.1) is 0 Å². The number of hydrogen-bond donors (Lipinski definition) is 2. The lowest BCUT2D eigenvalue weighted by molar-refractivity contribution is -0.207. The number of carbonyl (C=O) groups excluding carboxylic acids is 1. The first-order valence-corrected chi connectivity index (χ1v) is 6.36. The topological polar surface area (TPSA) is 61.8 Å². The molecule has 23 heavy (non-hydrogen) atoms. The Hall–Kier alpha value is -1.94. The minimum Gasteiger partial charge on any atom is -0.433 e. The maximum atomic E-state index is 12.2. The Morgan fingerprint density at radius 1 is 1.35 bits per heavy atom. The van der Waals surface area contributed by atoms with E-state index in [-0.39, 0.29) is 11.4 Å². The molecule has 0 spiro atoms. The number of nitrogens with one attached hydrogen (secondary N) is 1. The van der Waals surface area contributed by atoms with Crippen molar-refractivity contribution in [1.82, 2.24) is 4.90 Å². The van der Waals surface area contributed by atoms with Crippen molar-refractivity contribution in [2.24, 2.45) is 0 Å². The summed E-state index contributed by atoms with van der Waals surface area (Å²) in [7, 11) is 1.20. The van der Waals surface area contributed by atoms with Crippen molar-refractivity contribution in [1.29, 1.82) is 0 Å². The van der Waals surface area contributed by atoms with Gasteiger partial charge in [-0.05, 0) is 19.2 Å². The van der Waals surface area contributed by atoms with E-state index in [0.29, 0.717) is 0 Å². The maximum absolute atomic E-state index is 12.2. The van der Waals surface area contributed by atoms with Crippen LogP contribution in [0.3, 0.4) is 0 Å². The van der Waals surface area contributed by atoms with E-state index in [4.69, 9.17) is 5.11 Å². The van der Waals surface area contributed by atoms with Gasteiger partial charge in [-0.25, -0.2) is 0 Å². The lowest BCUT2D eigenvalue weighted by Gasteiger charge is -2.22. The number of rotatable bonds is 7. The van der Waals surface area contributed by atoms with Crippen LogP contribution in [0.15, 0.2) is 24.3 Å². The molecule has 0 bridgehead atoms. The van der Waals surface area contributed by atoms with Crippen LogP contribution in [-0.4, -0.2) is 54.9 Å². The largest absolute Gasteiger partial charge is 0.433 e. The zero-order chi connectivity index (χ0) is 17.6. The number of anilines is 1. The highest BCUT2D eigenvalue weighted by Crippen LogP contribution is 2.25. The number of halogens is 5. The number of aliphatic hydroxyl groups excluding tert-OH is 1. The third-order valence-electron chi connectivity index (χ3n) is 2.65. The number of hydrogen-bond acceptors (Lipinski definition) is 4. The smallest absolute Gasteiger partial charge is 0.415 e. The third-order valence-corrected chi connectivity index (χ3v) is 2.65. The number of likely N-dealkylation sites (N-methyl/N-ethyl adjacent to an activating group) is 1. The van der Waals surface area contributed by atoms with Crippen molar-refractivity contribution in [2.45, 2.75) is 18.9 Å². The number of carbonyl (C=O) groups is 1. The van der Waals surface area contributed by atoms with Gasteiger partial charge in [0.05, 0.1) is 12.2 Å². The van der Waals surface area contributed by atoms with Gasteiger partial charge in [-0.1, -0.05) is 12.1 Å². The van der Waals surface area contributed by atoms with Crippen LogP contribution < -0.4 is 10.1 Å². The fraction of sp³-hybridized carbons (Fsp3) is 0.462. The molecule has 2 N–H and O–H groups in total. The molecule has 1 aromatic rings. The highest BCUT2D eigenvalue weighted by molar-refractivity contribution is 5.93. The molecular formula is C13H15F5N2O3. The lowest BCUT2D eigenvalue weighted by Crippen LogP contribution is -2.42. The van der Waals surface area contributed by atoms with Gasteiger partial charge in [-0.3, -0.25) is 9.69 Å². The monoisotopic (exact) mass is 342 g/mol. The van der Waals surface area contributed by atoms with E-state index in [2.05, 4.69) is 10.1 Å². The average molecular weight is 342 g/mol. The number of benzene rings is 1. The molecule has 0 saturated carbocycles. The maximum Gasteiger partial charge on any atom is 0.415 e. The molecule has 1 aromatic carbocycles. The number of alkyl halides is 5. The fourth-order valence-electron chi connectivity index (χ4n) is 1.67. The van der Waals surface area contributed by atoms with Crippen LogP contribution in [0.2, 0.25) is 0 Å². The number of amides is 1. The second-order valence-corrected chi connectivity index (χ2v) is 4.68. The zero-order valence-electron chi connectivity index (χ0n) is 12.0. The van der Waals surface area contributed by atoms with E-state index in [1.807, 2.05) is 0 Å². The summed E-state index contributed by atoms with van der Waals surface area (Å²) < 4.78 is 65.3. The van der Waals surface area contributed by atoms with Gasteiger partial charge in [0.1, 0.15) is 5.75 Å². The molecule has 0 heterocycles. The van der Waals surface area contributed by atoms with Gasteiger partial charge in [0.2, 0.25) is 5.91 Å². The minimum atomic E-state index is -4.79. The van der Waals surface area contributed by atoms with Crippen LogP contribution >= 0.6 is 0 Å². The molecule has 130 valence electrons. The number of ether oxygens (including phenoxy) is 1. The normalized spacial score (nSPS) is 13.3. The number of para-hydroxylation sites is 2. The molecule has 0 radical (unpaired) electrons. The van der Waals surface area contributed by atoms with Crippen molar-refractivity contribution in [3.8, 4) is 5.75 Å². The first-order chi connectivity index (χ1) is 10.6. The van der Waals surface area contributed by atoms with Gasteiger partial charge >= 0.3 is 12.8 Å². The summed E-state index contributed by atoms with van der Waals surface area (Å²) in [5.41, 5.74) is -0.0393. The van der Waals surface area contributed by atoms with E-state index in [1.54, 1.807) is 0 Å². The van der Waals surface area contributed by atoms with Crippen molar-refractivity contribution in [3.63, 3.8) is 0 Å². The first-order valence-electron chi connectivity index (χ1n) is 6.36. The molecule has 0 aliphatic heterocycles. The van der Waals surface area contributed by atoms with Crippen molar-refractivity contribution >= 4 is 11.6 Å². The molecule has 1 amide bonds. The molecule has 0 aliphatic rings. The number of aliphatic hydroxyl groups is 1. The predicted octanol–water partition coefficient (Wildman–Crippen LogP) is 2.08. The van der Waals surface area contributed by atoms with Crippen LogP contribution in [-0.2, 0) is 4.79 Å². The zero-order valence-corrected chi connectivity index (χ0v) is 12.0. The summed E-state index contributed by atoms with van der Waals surface area (Å²) in [6.45, 7) is -4.36. The molecule has 1 rings (SSSR count). The van der Waals surface area contributed by atoms with Gasteiger partial charge in [-0.15, -0.1) is 0 Å². The Bertz CT molecular complexity index is 525. The van der Waals surface area contributed by atoms with Crippen molar-refractivity contribution in [3.05, 3.63) is 24.3 Å². The molecule has 0 aromatic heterocycles. The highest BCUT2D eigenvalue weighted by Gasteiger charge is 2.38. The summed E-state index contributed by atoms with van der Waals surface area (Å²) in [4.78, 5) is 12.7. The minimum absolute atomic E-state index is 0.0393. The molecule has 0 aliphatic carbocycles. The van der Waals surface area contributed by atoms with E-state index in [0.717, 1.165) is 4.90 Å². The van der Waals surface area contributed by atoms with Gasteiger partial charge < -0.3 is 15.2 Å². The molecule has 1 atom stereocenters. The molecular weight excluding hydrogens is 327 g/mol. The van der Waals surface area contributed by atoms with Crippen LogP contribution in [0.4, 0.5) is 27.6 Å². The molecule has 10 heteroatoms. The lowest BCUT2D eigenvalue weighted by atomic mass is 10.3. The SMILES string of the molecule is CN(CC(=O)Nc1ccccc1OC(F)F)CC(O)C(F)(F)F. The van der Waals surface area contributed by atoms with E-state index >= 15 is 0 Å². The Morgan fingerprint density at radius 2 is 1.96 bits per heavy atom. The van der Waals surface area contributed by atoms with Crippen molar-refractivity contribution < 1.29 is 36.6 Å². The van der Waals surface area contributed by atoms with E-state index in [9.17, 15) is 26.7 Å². The van der Waals surface area contributed by atoms with Crippen molar-refractivity contribution in [2.75, 3.05) is 25.5 Å². The summed E-state index contributed by atoms with van der Waals surface area (Å²) in [5.74, 6) is -1.01. The summed E-state index contributed by atoms with van der Waals surface area (Å²) in [5, 5.41) is 11.2. The summed E-state index contributed by atoms with van der Waals surface area (Å²) >= 11 is 0. The highest BCUT2D eigenvalue weighted by atomic mass is 19.4. The Labute approximate surface area is 128 Å². The summed E-state index contributed by atoms with van der Waals surface area (Å²) in [6.07, 6.45) is -7.38. The van der Waals surface area contributed by atoms with E-state index in [1.165, 1.54) is 31.3 Å². The molecule has 1 unspecified atom stereocenters. The molecule has 0 saturated heterocycles. The van der Waals surface area contributed by atoms with Gasteiger partial charge in [0, 0.05) is 6.54 Å². The first kappa shape index (κ1) is 19.1. The van der Waals surface area contributed by atoms with Crippen LogP contribution in [0.25, 0.3) is 0 Å². The average Bonchev–Trinajstić information content (AvgIpc) is 2.38. The quantitative estimate of drug-likeness (QED) is 0.745. The Balaban J connectivity index is 2.60. The van der Waals surface area contributed by atoms with Gasteiger partial charge in [-0.2, -0.15) is 22.0 Å². The molecule has 0 fully saturated rings. The predicted molar refractivity (Wildman–Crippen MR) is 71.3 cm³/mol. The standard InChI is InChI=1S/C13H15F5N2O3/c1-20(6-10(21)13(16,17)18)7-11(22)19-8-4-2-3-5-9(8)23-12(14)15/h2-5,10,12,21H,6-7H2,1H3,(H,19,22). The fourth-order valence-corrected chi connectivity index (χ4v) is 1.67. The Morgan fingerprint density at radius 3 is 2.52 bits per heavy atom. The third kappa shape index (κ3) is 6.78. The van der Waals surface area contributed by atoms with E-state index < -0.39 is 37.9 Å². The summed E-state index contributed by atoms with van der Waals surface area (Å²) in [6, 6.07) is 5.39. The Kier molecular flexibility index (Phi) is 6.70.